The maximum absolute atomic E-state index is 12.4. The molecule has 0 saturated heterocycles. The number of hydrogen-bond acceptors (Lipinski definition) is 4. The molecule has 126 valence electrons. The summed E-state index contributed by atoms with van der Waals surface area (Å²) in [6.45, 7) is -0.354. The second-order valence-electron chi connectivity index (χ2n) is 5.15. The number of ether oxygens (including phenoxy) is 1. The Hall–Kier alpha value is -2.26. The Kier molecular flexibility index (Phi) is 5.14. The molecule has 0 bridgehead atoms. The molecule has 8 heteroatoms. The van der Waals surface area contributed by atoms with E-state index in [0.29, 0.717) is 5.52 Å². The number of imidazole rings is 1. The highest BCUT2D eigenvalue weighted by Gasteiger charge is 2.24. The molecule has 2 aromatic carbocycles. The van der Waals surface area contributed by atoms with Crippen LogP contribution in [0.1, 0.15) is 11.7 Å². The fraction of sp³-hybridized carbons (Fsp3) is 0.118. The van der Waals surface area contributed by atoms with Gasteiger partial charge in [-0.05, 0) is 18.2 Å². The van der Waals surface area contributed by atoms with Gasteiger partial charge in [0.1, 0.15) is 18.2 Å². The third-order valence-electron chi connectivity index (χ3n) is 3.48. The smallest absolute Gasteiger partial charge is 0.194 e. The molecule has 25 heavy (non-hydrogen) atoms. The molecular formula is C17H10Cl3N3O2. The van der Waals surface area contributed by atoms with Crippen molar-refractivity contribution in [2.75, 3.05) is 6.61 Å². The summed E-state index contributed by atoms with van der Waals surface area (Å²) in [7, 11) is 0. The summed E-state index contributed by atoms with van der Waals surface area (Å²) in [4.78, 5) is 19.6. The van der Waals surface area contributed by atoms with E-state index in [4.69, 9.17) is 39.5 Å². The third kappa shape index (κ3) is 3.72. The Morgan fingerprint density at radius 2 is 1.92 bits per heavy atom. The van der Waals surface area contributed by atoms with E-state index in [1.807, 2.05) is 24.3 Å². The van der Waals surface area contributed by atoms with E-state index in [2.05, 4.69) is 9.97 Å². The van der Waals surface area contributed by atoms with Crippen LogP contribution in [-0.2, 0) is 4.79 Å². The molecule has 1 N–H and O–H groups in total. The van der Waals surface area contributed by atoms with Crippen LogP contribution in [0, 0.1) is 11.3 Å². The average Bonchev–Trinajstić information content (AvgIpc) is 3.01. The van der Waals surface area contributed by atoms with Gasteiger partial charge in [-0.15, -0.1) is 0 Å². The highest BCUT2D eigenvalue weighted by Crippen LogP contribution is 2.34. The highest BCUT2D eigenvalue weighted by molar-refractivity contribution is 6.43. The van der Waals surface area contributed by atoms with Crippen LogP contribution in [0.2, 0.25) is 15.1 Å². The maximum Gasteiger partial charge on any atom is 0.194 e. The van der Waals surface area contributed by atoms with E-state index in [9.17, 15) is 10.1 Å². The van der Waals surface area contributed by atoms with Gasteiger partial charge in [-0.3, -0.25) is 4.79 Å². The highest BCUT2D eigenvalue weighted by atomic mass is 35.5. The minimum atomic E-state index is -1.08. The van der Waals surface area contributed by atoms with E-state index >= 15 is 0 Å². The number of carbonyl (C=O) groups is 1. The van der Waals surface area contributed by atoms with Crippen molar-refractivity contribution in [1.82, 2.24) is 9.97 Å². The molecule has 0 unspecified atom stereocenters. The molecule has 0 aliphatic heterocycles. The Morgan fingerprint density at radius 1 is 1.20 bits per heavy atom. The van der Waals surface area contributed by atoms with Gasteiger partial charge in [0, 0.05) is 6.07 Å². The first-order valence-corrected chi connectivity index (χ1v) is 8.27. The van der Waals surface area contributed by atoms with Crippen LogP contribution in [0.4, 0.5) is 0 Å². The summed E-state index contributed by atoms with van der Waals surface area (Å²) < 4.78 is 5.40. The molecule has 0 fully saturated rings. The van der Waals surface area contributed by atoms with Gasteiger partial charge >= 0.3 is 0 Å². The van der Waals surface area contributed by atoms with Crippen LogP contribution in [0.25, 0.3) is 11.0 Å². The second kappa shape index (κ2) is 7.32. The number of hydrogen-bond donors (Lipinski definition) is 1. The Bertz CT molecular complexity index is 961. The van der Waals surface area contributed by atoms with Gasteiger partial charge in [0.25, 0.3) is 0 Å². The molecule has 5 nitrogen and oxygen atoms in total. The maximum atomic E-state index is 12.4. The predicted octanol–water partition coefficient (Wildman–Crippen LogP) is 4.78. The first-order chi connectivity index (χ1) is 12.0. The minimum absolute atomic E-state index is 0.214. The van der Waals surface area contributed by atoms with E-state index in [1.54, 1.807) is 6.07 Å². The number of fused-ring (bicyclic) bond motifs is 1. The molecule has 0 radical (unpaired) electrons. The number of benzene rings is 2. The number of aromatic nitrogens is 2. The number of Topliss-reactive ketones (excluding diaryl/α,β-unsaturated/α-hetero) is 1. The molecule has 0 saturated carbocycles. The molecule has 1 atom stereocenters. The number of halogens is 3. The number of nitriles is 1. The Labute approximate surface area is 158 Å². The lowest BCUT2D eigenvalue weighted by atomic mass is 10.1. The number of ketones is 1. The monoisotopic (exact) mass is 393 g/mol. The van der Waals surface area contributed by atoms with Gasteiger partial charge in [-0.25, -0.2) is 4.98 Å². The minimum Gasteiger partial charge on any atom is -0.484 e. The van der Waals surface area contributed by atoms with Gasteiger partial charge < -0.3 is 9.72 Å². The number of nitrogens with one attached hydrogen (secondary N) is 1. The number of aromatic amines is 1. The zero-order valence-electron chi connectivity index (χ0n) is 12.6. The topological polar surface area (TPSA) is 78.8 Å². The van der Waals surface area contributed by atoms with Crippen molar-refractivity contribution in [3.8, 4) is 11.8 Å². The number of para-hydroxylation sites is 2. The lowest BCUT2D eigenvalue weighted by molar-refractivity contribution is -0.121. The van der Waals surface area contributed by atoms with E-state index < -0.39 is 11.7 Å². The quantitative estimate of drug-likeness (QED) is 0.632. The summed E-state index contributed by atoms with van der Waals surface area (Å²) in [6, 6.07) is 12.1. The first-order valence-electron chi connectivity index (χ1n) is 7.14. The van der Waals surface area contributed by atoms with E-state index in [1.165, 1.54) is 12.1 Å². The molecule has 1 heterocycles. The molecule has 0 spiro atoms. The molecule has 0 aliphatic carbocycles. The van der Waals surface area contributed by atoms with Crippen LogP contribution >= 0.6 is 34.8 Å². The summed E-state index contributed by atoms with van der Waals surface area (Å²) in [5.74, 6) is -1.04. The number of carbonyl (C=O) groups excluding carboxylic acids is 1. The predicted molar refractivity (Wildman–Crippen MR) is 96.4 cm³/mol. The van der Waals surface area contributed by atoms with Gasteiger partial charge in [-0.2, -0.15) is 5.26 Å². The van der Waals surface area contributed by atoms with Gasteiger partial charge in [0.2, 0.25) is 0 Å². The zero-order valence-corrected chi connectivity index (χ0v) is 14.9. The normalized spacial score (nSPS) is 11.9. The third-order valence-corrected chi connectivity index (χ3v) is 4.49. The fourth-order valence-electron chi connectivity index (χ4n) is 2.24. The van der Waals surface area contributed by atoms with Gasteiger partial charge in [0.15, 0.2) is 11.7 Å². The van der Waals surface area contributed by atoms with Gasteiger partial charge in [-0.1, -0.05) is 46.9 Å². The molecule has 3 rings (SSSR count). The Balaban J connectivity index is 1.77. The molecular weight excluding hydrogens is 385 g/mol. The van der Waals surface area contributed by atoms with Crippen molar-refractivity contribution in [1.29, 1.82) is 5.26 Å². The largest absolute Gasteiger partial charge is 0.484 e. The van der Waals surface area contributed by atoms with Gasteiger partial charge in [0.05, 0.1) is 32.2 Å². The summed E-state index contributed by atoms with van der Waals surface area (Å²) in [6.07, 6.45) is 0. The summed E-state index contributed by atoms with van der Waals surface area (Å²) in [5.41, 5.74) is 1.43. The number of rotatable bonds is 5. The Morgan fingerprint density at radius 3 is 2.64 bits per heavy atom. The standard InChI is InChI=1S/C17H10Cl3N3O2/c18-10-5-12(20)16(6-11(10)19)25-8-15(24)9(7-21)17-22-13-3-1-2-4-14(13)23-17/h1-6,9H,8H2,(H,22,23)/t9-/m0/s1. The van der Waals surface area contributed by atoms with Crippen molar-refractivity contribution in [2.45, 2.75) is 5.92 Å². The molecule has 3 aromatic rings. The lowest BCUT2D eigenvalue weighted by Crippen LogP contribution is -2.20. The van der Waals surface area contributed by atoms with Crippen molar-refractivity contribution in [3.63, 3.8) is 0 Å². The van der Waals surface area contributed by atoms with E-state index in [-0.39, 0.29) is 33.2 Å². The fourth-order valence-corrected chi connectivity index (χ4v) is 2.83. The number of H-pyrrole nitrogens is 1. The first kappa shape index (κ1) is 17.6. The van der Waals surface area contributed by atoms with Crippen LogP contribution in [-0.4, -0.2) is 22.4 Å². The zero-order chi connectivity index (χ0) is 18.0. The lowest BCUT2D eigenvalue weighted by Gasteiger charge is -2.10. The van der Waals surface area contributed by atoms with Crippen molar-refractivity contribution in [3.05, 3.63) is 57.3 Å². The van der Waals surface area contributed by atoms with Crippen LogP contribution in [0.15, 0.2) is 36.4 Å². The molecule has 0 amide bonds. The van der Waals surface area contributed by atoms with Crippen LogP contribution < -0.4 is 4.74 Å². The van der Waals surface area contributed by atoms with Crippen LogP contribution in [0.5, 0.6) is 5.75 Å². The SMILES string of the molecule is N#C[C@@H](C(=O)COc1cc(Cl)c(Cl)cc1Cl)c1nc2ccccc2[nH]1. The number of nitrogens with zero attached hydrogens (tertiary/aromatic N) is 2. The molecule has 1 aromatic heterocycles. The van der Waals surface area contributed by atoms with E-state index in [0.717, 1.165) is 5.52 Å². The van der Waals surface area contributed by atoms with Crippen LogP contribution in [0.3, 0.4) is 0 Å². The summed E-state index contributed by atoms with van der Waals surface area (Å²) in [5, 5.41) is 10.1. The van der Waals surface area contributed by atoms with Crippen molar-refractivity contribution < 1.29 is 9.53 Å². The molecule has 0 aliphatic rings. The average molecular weight is 395 g/mol. The van der Waals surface area contributed by atoms with Crippen molar-refractivity contribution in [2.24, 2.45) is 0 Å². The second-order valence-corrected chi connectivity index (χ2v) is 6.37. The summed E-state index contributed by atoms with van der Waals surface area (Å²) >= 11 is 17.8. The van der Waals surface area contributed by atoms with Crippen molar-refractivity contribution >= 4 is 51.6 Å².